The zero-order valence-electron chi connectivity index (χ0n) is 21.1. The molecule has 36 heavy (non-hydrogen) atoms. The summed E-state index contributed by atoms with van der Waals surface area (Å²) in [6.07, 6.45) is 0.00380. The third-order valence-electron chi connectivity index (χ3n) is 6.12. The van der Waals surface area contributed by atoms with Gasteiger partial charge in [-0.15, -0.1) is 0 Å². The van der Waals surface area contributed by atoms with Crippen LogP contribution < -0.4 is 9.64 Å². The second-order valence-electron chi connectivity index (χ2n) is 10.2. The first-order valence-electron chi connectivity index (χ1n) is 11.9. The van der Waals surface area contributed by atoms with E-state index in [1.165, 1.54) is 4.90 Å². The fourth-order valence-electron chi connectivity index (χ4n) is 4.33. The van der Waals surface area contributed by atoms with Gasteiger partial charge in [0.05, 0.1) is 17.7 Å². The van der Waals surface area contributed by atoms with Crippen molar-refractivity contribution in [3.05, 3.63) is 100 Å². The van der Waals surface area contributed by atoms with Gasteiger partial charge >= 0.3 is 0 Å². The largest absolute Gasteiger partial charge is 0.507 e. The van der Waals surface area contributed by atoms with Crippen molar-refractivity contribution in [2.75, 3.05) is 4.90 Å². The van der Waals surface area contributed by atoms with Gasteiger partial charge in [0.2, 0.25) is 0 Å². The Morgan fingerprint density at radius 3 is 2.17 bits per heavy atom. The Bertz CT molecular complexity index is 1320. The lowest BCUT2D eigenvalue weighted by Gasteiger charge is -2.27. The number of aliphatic hydroxyl groups is 1. The number of rotatable bonds is 5. The number of ether oxygens (including phenoxy) is 1. The number of Topliss-reactive ketones (excluding diaryl/α,β-unsaturated/α-hetero) is 1. The molecule has 1 heterocycles. The molecule has 0 aromatic heterocycles. The molecule has 1 fully saturated rings. The molecular formula is C30H30ClNO4. The molecule has 1 atom stereocenters. The van der Waals surface area contributed by atoms with Gasteiger partial charge in [-0.2, -0.15) is 0 Å². The van der Waals surface area contributed by atoms with Crippen molar-refractivity contribution >= 4 is 34.7 Å². The fraction of sp³-hybridized carbons (Fsp3) is 0.267. The van der Waals surface area contributed by atoms with Crippen molar-refractivity contribution in [1.82, 2.24) is 0 Å². The molecule has 1 amide bonds. The van der Waals surface area contributed by atoms with Crippen LogP contribution in [-0.2, 0) is 15.0 Å². The highest BCUT2D eigenvalue weighted by Gasteiger charge is 2.47. The molecular weight excluding hydrogens is 474 g/mol. The topological polar surface area (TPSA) is 66.8 Å². The van der Waals surface area contributed by atoms with Gasteiger partial charge in [-0.1, -0.05) is 68.8 Å². The van der Waals surface area contributed by atoms with Gasteiger partial charge in [-0.3, -0.25) is 14.5 Å². The number of aliphatic hydroxyl groups excluding tert-OH is 1. The van der Waals surface area contributed by atoms with Gasteiger partial charge in [0.25, 0.3) is 11.7 Å². The summed E-state index contributed by atoms with van der Waals surface area (Å²) in [4.78, 5) is 28.1. The zero-order chi connectivity index (χ0) is 26.2. The quantitative estimate of drug-likeness (QED) is 0.230. The van der Waals surface area contributed by atoms with Crippen molar-refractivity contribution in [3.8, 4) is 5.75 Å². The number of ketones is 1. The number of hydrogen-bond acceptors (Lipinski definition) is 4. The number of anilines is 1. The number of nitrogens with zero attached hydrogens (tertiary/aromatic N) is 1. The molecule has 5 nitrogen and oxygen atoms in total. The molecule has 1 unspecified atom stereocenters. The molecule has 1 saturated heterocycles. The van der Waals surface area contributed by atoms with Crippen LogP contribution in [0.1, 0.15) is 57.4 Å². The summed E-state index contributed by atoms with van der Waals surface area (Å²) >= 11 is 6.14. The van der Waals surface area contributed by atoms with E-state index >= 15 is 0 Å². The van der Waals surface area contributed by atoms with Crippen molar-refractivity contribution in [3.63, 3.8) is 0 Å². The summed E-state index contributed by atoms with van der Waals surface area (Å²) in [6.45, 7) is 10.2. The number of hydrogen-bond donors (Lipinski definition) is 1. The minimum absolute atomic E-state index is 0.00380. The molecule has 0 saturated carbocycles. The standard InChI is InChI=1S/C30H30ClNO4/c1-18(2)36-24-15-13-23(14-16-24)32-26(19-9-11-21(12-10-19)30(3,4)5)25(28(34)29(32)35)27(33)20-7-6-8-22(31)17-20/h6-18,26,33H,1-5H3/b27-25-. The second kappa shape index (κ2) is 9.82. The summed E-state index contributed by atoms with van der Waals surface area (Å²) < 4.78 is 5.73. The molecule has 0 spiro atoms. The minimum atomic E-state index is -0.810. The maximum atomic E-state index is 13.4. The first-order valence-corrected chi connectivity index (χ1v) is 12.3. The maximum Gasteiger partial charge on any atom is 0.300 e. The predicted molar refractivity (Wildman–Crippen MR) is 144 cm³/mol. The smallest absolute Gasteiger partial charge is 0.300 e. The van der Waals surface area contributed by atoms with E-state index in [1.54, 1.807) is 48.5 Å². The van der Waals surface area contributed by atoms with Crippen LogP contribution in [-0.4, -0.2) is 22.9 Å². The van der Waals surface area contributed by atoms with Crippen molar-refractivity contribution in [2.45, 2.75) is 52.2 Å². The lowest BCUT2D eigenvalue weighted by atomic mass is 9.85. The average Bonchev–Trinajstić information content (AvgIpc) is 3.09. The van der Waals surface area contributed by atoms with E-state index in [0.717, 1.165) is 5.56 Å². The Morgan fingerprint density at radius 1 is 0.972 bits per heavy atom. The number of amides is 1. The highest BCUT2D eigenvalue weighted by atomic mass is 35.5. The van der Waals surface area contributed by atoms with Crippen LogP contribution in [0.5, 0.6) is 5.75 Å². The van der Waals surface area contributed by atoms with Crippen molar-refractivity contribution in [2.24, 2.45) is 0 Å². The molecule has 0 aliphatic carbocycles. The highest BCUT2D eigenvalue weighted by molar-refractivity contribution is 6.51. The summed E-state index contributed by atoms with van der Waals surface area (Å²) in [5.41, 5.74) is 2.70. The lowest BCUT2D eigenvalue weighted by Crippen LogP contribution is -2.29. The van der Waals surface area contributed by atoms with Crippen molar-refractivity contribution in [1.29, 1.82) is 0 Å². The Balaban J connectivity index is 1.88. The number of benzene rings is 3. The monoisotopic (exact) mass is 503 g/mol. The number of carbonyl (C=O) groups excluding carboxylic acids is 2. The Kier molecular flexibility index (Phi) is 6.96. The second-order valence-corrected chi connectivity index (χ2v) is 10.6. The van der Waals surface area contributed by atoms with Crippen LogP contribution >= 0.6 is 11.6 Å². The Hall–Kier alpha value is -3.57. The van der Waals surface area contributed by atoms with Gasteiger partial charge in [-0.25, -0.2) is 0 Å². The molecule has 6 heteroatoms. The van der Waals surface area contributed by atoms with E-state index in [9.17, 15) is 14.7 Å². The molecule has 0 radical (unpaired) electrons. The summed E-state index contributed by atoms with van der Waals surface area (Å²) in [6, 6.07) is 20.6. The average molecular weight is 504 g/mol. The van der Waals surface area contributed by atoms with Crippen LogP contribution in [0.4, 0.5) is 5.69 Å². The summed E-state index contributed by atoms with van der Waals surface area (Å²) in [5.74, 6) is -1.06. The van der Waals surface area contributed by atoms with Gasteiger partial charge in [0.15, 0.2) is 0 Å². The first kappa shape index (κ1) is 25.5. The van der Waals surface area contributed by atoms with Gasteiger partial charge < -0.3 is 9.84 Å². The van der Waals surface area contributed by atoms with Crippen LogP contribution in [0.25, 0.3) is 5.76 Å². The Morgan fingerprint density at radius 2 is 1.61 bits per heavy atom. The number of halogens is 1. The van der Waals surface area contributed by atoms with Crippen LogP contribution in [0.15, 0.2) is 78.4 Å². The van der Waals surface area contributed by atoms with Gasteiger partial charge in [-0.05, 0) is 66.8 Å². The number of carbonyl (C=O) groups is 2. The third-order valence-corrected chi connectivity index (χ3v) is 6.36. The van der Waals surface area contributed by atoms with E-state index < -0.39 is 17.7 Å². The zero-order valence-corrected chi connectivity index (χ0v) is 21.8. The molecule has 1 aliphatic rings. The van der Waals surface area contributed by atoms with Crippen LogP contribution in [0, 0.1) is 0 Å². The van der Waals surface area contributed by atoms with E-state index in [2.05, 4.69) is 20.8 Å². The van der Waals surface area contributed by atoms with Gasteiger partial charge in [0.1, 0.15) is 11.5 Å². The third kappa shape index (κ3) is 5.02. The van der Waals surface area contributed by atoms with Crippen LogP contribution in [0.2, 0.25) is 5.02 Å². The minimum Gasteiger partial charge on any atom is -0.507 e. The summed E-state index contributed by atoms with van der Waals surface area (Å²) in [7, 11) is 0. The van der Waals surface area contributed by atoms with Crippen LogP contribution in [0.3, 0.4) is 0 Å². The van der Waals surface area contributed by atoms with E-state index in [0.29, 0.717) is 27.6 Å². The molecule has 186 valence electrons. The highest BCUT2D eigenvalue weighted by Crippen LogP contribution is 2.43. The lowest BCUT2D eigenvalue weighted by molar-refractivity contribution is -0.132. The fourth-order valence-corrected chi connectivity index (χ4v) is 4.52. The molecule has 4 rings (SSSR count). The van der Waals surface area contributed by atoms with E-state index in [1.807, 2.05) is 38.1 Å². The molecule has 0 bridgehead atoms. The Labute approximate surface area is 217 Å². The SMILES string of the molecule is CC(C)Oc1ccc(N2C(=O)C(=O)/C(=C(\O)c3cccc(Cl)c3)C2c2ccc(C(C)(C)C)cc2)cc1. The molecule has 1 N–H and O–H groups in total. The first-order chi connectivity index (χ1) is 17.0. The molecule has 1 aliphatic heterocycles. The normalized spacial score (nSPS) is 17.6. The maximum absolute atomic E-state index is 13.4. The van der Waals surface area contributed by atoms with Gasteiger partial charge in [0, 0.05) is 16.3 Å². The van der Waals surface area contributed by atoms with E-state index in [-0.39, 0.29) is 22.9 Å². The van der Waals surface area contributed by atoms with E-state index in [4.69, 9.17) is 16.3 Å². The molecule has 3 aromatic carbocycles. The van der Waals surface area contributed by atoms with Crippen molar-refractivity contribution < 1.29 is 19.4 Å². The predicted octanol–water partition coefficient (Wildman–Crippen LogP) is 7.05. The molecule has 3 aromatic rings. The summed E-state index contributed by atoms with van der Waals surface area (Å²) in [5, 5.41) is 11.7.